The molecule has 0 radical (unpaired) electrons. The highest BCUT2D eigenvalue weighted by Crippen LogP contribution is 2.36. The molecule has 1 saturated heterocycles. The number of carbonyl (C=O) groups is 2. The summed E-state index contributed by atoms with van der Waals surface area (Å²) in [5.74, 6) is 1.00. The van der Waals surface area contributed by atoms with Gasteiger partial charge < -0.3 is 14.7 Å². The van der Waals surface area contributed by atoms with E-state index in [4.69, 9.17) is 4.52 Å². The van der Waals surface area contributed by atoms with Gasteiger partial charge in [0.2, 0.25) is 23.5 Å². The third-order valence-corrected chi connectivity index (χ3v) is 6.13. The number of aryl methyl sites for hydroxylation is 1. The molecule has 5 rings (SSSR count). The molecule has 0 bridgehead atoms. The smallest absolute Gasteiger partial charge is 0.230 e. The highest BCUT2D eigenvalue weighted by atomic mass is 16.5. The normalized spacial score (nSPS) is 18.8. The van der Waals surface area contributed by atoms with E-state index in [9.17, 15) is 9.59 Å². The molecule has 3 aromatic rings. The number of carbonyl (C=O) groups excluding carboxylic acids is 2. The largest absolute Gasteiger partial charge is 0.339 e. The average molecular weight is 416 g/mol. The summed E-state index contributed by atoms with van der Waals surface area (Å²) in [6, 6.07) is 15.2. The van der Waals surface area contributed by atoms with Crippen molar-refractivity contribution < 1.29 is 14.1 Å². The topological polar surface area (TPSA) is 88.3 Å². The fourth-order valence-corrected chi connectivity index (χ4v) is 4.01. The highest BCUT2D eigenvalue weighted by molar-refractivity contribution is 6.03. The van der Waals surface area contributed by atoms with Crippen LogP contribution in [0.3, 0.4) is 0 Å². The fraction of sp³-hybridized carbons (Fsp3) is 0.333. The van der Waals surface area contributed by atoms with Gasteiger partial charge in [0.1, 0.15) is 0 Å². The van der Waals surface area contributed by atoms with Crippen molar-refractivity contribution in [3.63, 3.8) is 0 Å². The summed E-state index contributed by atoms with van der Waals surface area (Å²) in [6.45, 7) is 2.38. The Morgan fingerprint density at radius 1 is 1.16 bits per heavy atom. The minimum absolute atomic E-state index is 0.0342. The van der Waals surface area contributed by atoms with Crippen LogP contribution in [0, 0.1) is 12.8 Å². The molecule has 1 aliphatic carbocycles. The second-order valence-corrected chi connectivity index (χ2v) is 8.40. The summed E-state index contributed by atoms with van der Waals surface area (Å²) in [5, 5.41) is 7.04. The van der Waals surface area contributed by atoms with Gasteiger partial charge in [0.05, 0.1) is 5.92 Å². The molecule has 7 nitrogen and oxygen atoms in total. The molecular formula is C24H24N4O3. The van der Waals surface area contributed by atoms with E-state index in [1.54, 1.807) is 4.90 Å². The maximum atomic E-state index is 12.8. The molecule has 1 N–H and O–H groups in total. The minimum atomic E-state index is -0.396. The van der Waals surface area contributed by atoms with Gasteiger partial charge in [-0.2, -0.15) is 4.98 Å². The third-order valence-electron chi connectivity index (χ3n) is 6.13. The van der Waals surface area contributed by atoms with Gasteiger partial charge in [-0.25, -0.2) is 0 Å². The van der Waals surface area contributed by atoms with E-state index in [0.717, 1.165) is 29.7 Å². The van der Waals surface area contributed by atoms with Gasteiger partial charge in [-0.05, 0) is 44.0 Å². The molecule has 1 aliphatic heterocycles. The fourth-order valence-electron chi connectivity index (χ4n) is 4.01. The number of amides is 2. The van der Waals surface area contributed by atoms with E-state index in [1.807, 2.05) is 55.5 Å². The van der Waals surface area contributed by atoms with Crippen molar-refractivity contribution in [2.24, 2.45) is 5.92 Å². The summed E-state index contributed by atoms with van der Waals surface area (Å²) in [5.41, 5.74) is 3.40. The lowest BCUT2D eigenvalue weighted by molar-refractivity contribution is -0.122. The second kappa shape index (κ2) is 7.98. The van der Waals surface area contributed by atoms with Crippen molar-refractivity contribution in [2.45, 2.75) is 38.5 Å². The molecule has 1 atom stereocenters. The average Bonchev–Trinajstić information content (AvgIpc) is 3.35. The van der Waals surface area contributed by atoms with Gasteiger partial charge in [-0.1, -0.05) is 41.4 Å². The number of nitrogens with zero attached hydrogens (tertiary/aromatic N) is 3. The minimum Gasteiger partial charge on any atom is -0.339 e. The Kier molecular flexibility index (Phi) is 5.02. The van der Waals surface area contributed by atoms with Crippen molar-refractivity contribution in [2.75, 3.05) is 16.8 Å². The van der Waals surface area contributed by atoms with E-state index in [-0.39, 0.29) is 18.2 Å². The van der Waals surface area contributed by atoms with Crippen molar-refractivity contribution in [1.82, 2.24) is 10.1 Å². The molecular weight excluding hydrogens is 392 g/mol. The van der Waals surface area contributed by atoms with E-state index < -0.39 is 5.92 Å². The molecule has 7 heteroatoms. The third kappa shape index (κ3) is 3.95. The summed E-state index contributed by atoms with van der Waals surface area (Å²) in [7, 11) is 0. The van der Waals surface area contributed by atoms with E-state index >= 15 is 0 Å². The number of rotatable bonds is 5. The van der Waals surface area contributed by atoms with Crippen molar-refractivity contribution >= 4 is 23.2 Å². The van der Waals surface area contributed by atoms with E-state index in [2.05, 4.69) is 15.5 Å². The van der Waals surface area contributed by atoms with Gasteiger partial charge in [0.15, 0.2) is 0 Å². The van der Waals surface area contributed by atoms with E-state index in [1.165, 1.54) is 6.42 Å². The van der Waals surface area contributed by atoms with Gasteiger partial charge in [0.25, 0.3) is 0 Å². The predicted molar refractivity (Wildman–Crippen MR) is 117 cm³/mol. The first-order valence-corrected chi connectivity index (χ1v) is 10.7. The van der Waals surface area contributed by atoms with Gasteiger partial charge in [-0.3, -0.25) is 9.59 Å². The Labute approximate surface area is 180 Å². The Balaban J connectivity index is 1.26. The summed E-state index contributed by atoms with van der Waals surface area (Å²) >= 11 is 0. The lowest BCUT2D eigenvalue weighted by Gasteiger charge is -2.20. The number of nitrogens with one attached hydrogen (secondary N) is 1. The molecule has 2 heterocycles. The van der Waals surface area contributed by atoms with Crippen LogP contribution in [0.15, 0.2) is 53.1 Å². The molecule has 2 aliphatic rings. The summed E-state index contributed by atoms with van der Waals surface area (Å²) < 4.78 is 5.41. The molecule has 158 valence electrons. The summed E-state index contributed by atoms with van der Waals surface area (Å²) in [6.07, 6.45) is 3.60. The molecule has 1 saturated carbocycles. The SMILES string of the molecule is Cc1ccc(N2CC(C(=O)Nc3cccc(-c4noc(C5CCC5)n4)c3)CC2=O)cc1. The molecule has 2 aromatic carbocycles. The van der Waals surface area contributed by atoms with Gasteiger partial charge >= 0.3 is 0 Å². The predicted octanol–water partition coefficient (Wildman–Crippen LogP) is 4.30. The number of benzene rings is 2. The Morgan fingerprint density at radius 3 is 2.71 bits per heavy atom. The van der Waals surface area contributed by atoms with Crippen LogP contribution < -0.4 is 10.2 Å². The van der Waals surface area contributed by atoms with Crippen LogP contribution in [-0.4, -0.2) is 28.5 Å². The van der Waals surface area contributed by atoms with Gasteiger partial charge in [-0.15, -0.1) is 0 Å². The quantitative estimate of drug-likeness (QED) is 0.670. The Morgan fingerprint density at radius 2 is 1.97 bits per heavy atom. The molecule has 1 aromatic heterocycles. The molecule has 0 spiro atoms. The maximum absolute atomic E-state index is 12.8. The monoisotopic (exact) mass is 416 g/mol. The van der Waals surface area contributed by atoms with Crippen molar-refractivity contribution in [3.05, 3.63) is 60.0 Å². The zero-order valence-corrected chi connectivity index (χ0v) is 17.4. The van der Waals surface area contributed by atoms with Crippen LogP contribution in [0.5, 0.6) is 0 Å². The Bertz CT molecular complexity index is 1120. The van der Waals surface area contributed by atoms with Gasteiger partial charge in [0, 0.05) is 35.8 Å². The van der Waals surface area contributed by atoms with Crippen LogP contribution in [0.1, 0.15) is 43.1 Å². The molecule has 2 fully saturated rings. The zero-order chi connectivity index (χ0) is 21.4. The van der Waals surface area contributed by atoms with Crippen molar-refractivity contribution in [3.8, 4) is 11.4 Å². The molecule has 1 unspecified atom stereocenters. The Hall–Kier alpha value is -3.48. The first kappa shape index (κ1) is 19.5. The summed E-state index contributed by atoms with van der Waals surface area (Å²) in [4.78, 5) is 31.5. The molecule has 2 amide bonds. The first-order chi connectivity index (χ1) is 15.1. The second-order valence-electron chi connectivity index (χ2n) is 8.40. The van der Waals surface area contributed by atoms with Crippen LogP contribution in [0.4, 0.5) is 11.4 Å². The molecule has 31 heavy (non-hydrogen) atoms. The number of hydrogen-bond acceptors (Lipinski definition) is 5. The van der Waals surface area contributed by atoms with Crippen LogP contribution in [0.25, 0.3) is 11.4 Å². The number of hydrogen-bond donors (Lipinski definition) is 1. The van der Waals surface area contributed by atoms with Crippen LogP contribution in [0.2, 0.25) is 0 Å². The van der Waals surface area contributed by atoms with Crippen LogP contribution in [-0.2, 0) is 9.59 Å². The maximum Gasteiger partial charge on any atom is 0.230 e. The van der Waals surface area contributed by atoms with E-state index in [0.29, 0.717) is 29.9 Å². The number of aromatic nitrogens is 2. The van der Waals surface area contributed by atoms with Crippen molar-refractivity contribution in [1.29, 1.82) is 0 Å². The lowest BCUT2D eigenvalue weighted by Crippen LogP contribution is -2.28. The lowest BCUT2D eigenvalue weighted by atomic mass is 9.85. The standard InChI is InChI=1S/C24H24N4O3/c1-15-8-10-20(11-9-15)28-14-18(13-21(28)29)23(30)25-19-7-3-6-17(12-19)22-26-24(31-27-22)16-4-2-5-16/h3,6-12,16,18H,2,4-5,13-14H2,1H3,(H,25,30). The first-order valence-electron chi connectivity index (χ1n) is 10.7. The number of anilines is 2. The van der Waals surface area contributed by atoms with Crippen LogP contribution >= 0.6 is 0 Å². The highest BCUT2D eigenvalue weighted by Gasteiger charge is 2.35. The zero-order valence-electron chi connectivity index (χ0n) is 17.4.